The fourth-order valence-corrected chi connectivity index (χ4v) is 6.87. The molecule has 3 aliphatic rings. The van der Waals surface area contributed by atoms with E-state index in [4.69, 9.17) is 5.73 Å². The lowest BCUT2D eigenvalue weighted by atomic mass is 9.49. The zero-order chi connectivity index (χ0) is 24.1. The number of nitrogens with two attached hydrogens (primary N) is 1. The molecule has 1 aliphatic heterocycles. The van der Waals surface area contributed by atoms with Crippen LogP contribution in [0.15, 0.2) is 42.0 Å². The first kappa shape index (κ1) is 24.3. The zero-order valence-electron chi connectivity index (χ0n) is 20.0. The van der Waals surface area contributed by atoms with Crippen molar-refractivity contribution in [3.63, 3.8) is 0 Å². The van der Waals surface area contributed by atoms with Gasteiger partial charge in [-0.2, -0.15) is 13.2 Å². The van der Waals surface area contributed by atoms with Crippen LogP contribution in [0.25, 0.3) is 0 Å². The SMILES string of the molecule is CCC1(C(=O)N2CC[C@H](N)C(C)(C)C2)CC2CC(c3ccccc3)(CC/C2=C\C(F)(F)F)C1. The van der Waals surface area contributed by atoms with E-state index in [0.717, 1.165) is 12.0 Å². The van der Waals surface area contributed by atoms with Gasteiger partial charge in [0.15, 0.2) is 0 Å². The number of benzene rings is 1. The minimum Gasteiger partial charge on any atom is -0.342 e. The van der Waals surface area contributed by atoms with Gasteiger partial charge >= 0.3 is 6.18 Å². The van der Waals surface area contributed by atoms with Crippen LogP contribution in [0.5, 0.6) is 0 Å². The Morgan fingerprint density at radius 1 is 1.21 bits per heavy atom. The van der Waals surface area contributed by atoms with E-state index < -0.39 is 11.6 Å². The highest BCUT2D eigenvalue weighted by molar-refractivity contribution is 5.83. The molecular formula is C27H37F3N2O. The second-order valence-electron chi connectivity index (χ2n) is 11.4. The van der Waals surface area contributed by atoms with Gasteiger partial charge in [0.25, 0.3) is 0 Å². The average molecular weight is 463 g/mol. The van der Waals surface area contributed by atoms with Crippen LogP contribution in [0.3, 0.4) is 0 Å². The molecule has 3 unspecified atom stereocenters. The van der Waals surface area contributed by atoms with E-state index in [1.165, 1.54) is 0 Å². The summed E-state index contributed by atoms with van der Waals surface area (Å²) >= 11 is 0. The lowest BCUT2D eigenvalue weighted by Crippen LogP contribution is -2.59. The number of hydrogen-bond donors (Lipinski definition) is 1. The van der Waals surface area contributed by atoms with Gasteiger partial charge in [0.05, 0.1) is 5.41 Å². The summed E-state index contributed by atoms with van der Waals surface area (Å²) in [7, 11) is 0. The Kier molecular flexibility index (Phi) is 6.22. The lowest BCUT2D eigenvalue weighted by molar-refractivity contribution is -0.151. The van der Waals surface area contributed by atoms with Crippen LogP contribution in [0.4, 0.5) is 13.2 Å². The van der Waals surface area contributed by atoms with Crippen LogP contribution in [-0.4, -0.2) is 36.1 Å². The van der Waals surface area contributed by atoms with Gasteiger partial charge in [-0.25, -0.2) is 0 Å². The molecule has 3 nitrogen and oxygen atoms in total. The molecule has 1 saturated heterocycles. The number of alkyl halides is 3. The predicted octanol–water partition coefficient (Wildman–Crippen LogP) is 5.99. The summed E-state index contributed by atoms with van der Waals surface area (Å²) in [5.74, 6) is -0.110. The van der Waals surface area contributed by atoms with Crippen LogP contribution in [0.1, 0.15) is 71.3 Å². The van der Waals surface area contributed by atoms with Gasteiger partial charge in [-0.1, -0.05) is 56.7 Å². The second-order valence-corrected chi connectivity index (χ2v) is 11.4. The largest absolute Gasteiger partial charge is 0.409 e. The fourth-order valence-electron chi connectivity index (χ4n) is 6.87. The number of allylic oxidation sites excluding steroid dienone is 2. The molecule has 2 saturated carbocycles. The highest BCUT2D eigenvalue weighted by Gasteiger charge is 2.56. The van der Waals surface area contributed by atoms with Gasteiger partial charge in [0.2, 0.25) is 5.91 Å². The monoisotopic (exact) mass is 462 g/mol. The van der Waals surface area contributed by atoms with Crippen LogP contribution in [0, 0.1) is 16.7 Å². The minimum atomic E-state index is -4.33. The minimum absolute atomic E-state index is 0.0434. The molecule has 0 spiro atoms. The van der Waals surface area contributed by atoms with E-state index in [2.05, 4.69) is 26.0 Å². The molecule has 0 radical (unpaired) electrons. The number of amides is 1. The zero-order valence-corrected chi connectivity index (χ0v) is 20.0. The van der Waals surface area contributed by atoms with Crippen LogP contribution in [-0.2, 0) is 10.2 Å². The van der Waals surface area contributed by atoms with Crippen molar-refractivity contribution in [2.24, 2.45) is 22.5 Å². The number of hydrogen-bond acceptors (Lipinski definition) is 2. The first-order valence-electron chi connectivity index (χ1n) is 12.3. The number of halogens is 3. The average Bonchev–Trinajstić information content (AvgIpc) is 2.77. The highest BCUT2D eigenvalue weighted by Crippen LogP contribution is 2.60. The van der Waals surface area contributed by atoms with Crippen molar-refractivity contribution < 1.29 is 18.0 Å². The summed E-state index contributed by atoms with van der Waals surface area (Å²) in [4.78, 5) is 16.1. The third-order valence-electron chi connectivity index (χ3n) is 8.83. The Morgan fingerprint density at radius 2 is 1.91 bits per heavy atom. The highest BCUT2D eigenvalue weighted by atomic mass is 19.4. The van der Waals surface area contributed by atoms with Gasteiger partial charge in [0.1, 0.15) is 0 Å². The van der Waals surface area contributed by atoms with Gasteiger partial charge in [-0.3, -0.25) is 4.79 Å². The molecule has 182 valence electrons. The van der Waals surface area contributed by atoms with Gasteiger partial charge < -0.3 is 10.6 Å². The predicted molar refractivity (Wildman–Crippen MR) is 125 cm³/mol. The maximum atomic E-state index is 14.1. The third-order valence-corrected chi connectivity index (χ3v) is 8.83. The van der Waals surface area contributed by atoms with Gasteiger partial charge in [0, 0.05) is 25.2 Å². The van der Waals surface area contributed by atoms with E-state index in [1.807, 2.05) is 30.0 Å². The Labute approximate surface area is 195 Å². The van der Waals surface area contributed by atoms with Crippen LogP contribution < -0.4 is 5.73 Å². The Morgan fingerprint density at radius 3 is 2.52 bits per heavy atom. The maximum Gasteiger partial charge on any atom is 0.409 e. The van der Waals surface area contributed by atoms with E-state index in [-0.39, 0.29) is 28.7 Å². The molecule has 4 atom stereocenters. The van der Waals surface area contributed by atoms with E-state index >= 15 is 0 Å². The normalized spacial score (nSPS) is 35.5. The van der Waals surface area contributed by atoms with Crippen molar-refractivity contribution in [3.05, 3.63) is 47.5 Å². The van der Waals surface area contributed by atoms with Crippen molar-refractivity contribution in [1.82, 2.24) is 4.90 Å². The summed E-state index contributed by atoms with van der Waals surface area (Å²) in [6, 6.07) is 10.2. The topological polar surface area (TPSA) is 46.3 Å². The number of carbonyl (C=O) groups is 1. The fraction of sp³-hybridized carbons (Fsp3) is 0.667. The van der Waals surface area contributed by atoms with Crippen LogP contribution in [0.2, 0.25) is 0 Å². The molecule has 0 aromatic heterocycles. The molecule has 2 bridgehead atoms. The summed E-state index contributed by atoms with van der Waals surface area (Å²) in [6.07, 6.45) is 0.575. The second kappa shape index (κ2) is 8.44. The molecule has 2 aliphatic carbocycles. The molecule has 1 amide bonds. The number of nitrogens with zero attached hydrogens (tertiary/aromatic N) is 1. The quantitative estimate of drug-likeness (QED) is 0.561. The van der Waals surface area contributed by atoms with E-state index in [1.54, 1.807) is 0 Å². The van der Waals surface area contributed by atoms with E-state index in [9.17, 15) is 18.0 Å². The number of rotatable bonds is 3. The Bertz CT molecular complexity index is 910. The van der Waals surface area contributed by atoms with Crippen molar-refractivity contribution in [2.45, 2.75) is 83.4 Å². The number of fused-ring (bicyclic) bond motifs is 2. The van der Waals surface area contributed by atoms with E-state index in [0.29, 0.717) is 63.3 Å². The molecule has 1 aromatic carbocycles. The summed E-state index contributed by atoms with van der Waals surface area (Å²) < 4.78 is 40.1. The van der Waals surface area contributed by atoms with Gasteiger partial charge in [-0.15, -0.1) is 0 Å². The third kappa shape index (κ3) is 4.60. The molecular weight excluding hydrogens is 425 g/mol. The molecule has 4 rings (SSSR count). The first-order chi connectivity index (χ1) is 15.4. The summed E-state index contributed by atoms with van der Waals surface area (Å²) in [5.41, 5.74) is 6.86. The lowest BCUT2D eigenvalue weighted by Gasteiger charge is -2.56. The molecule has 33 heavy (non-hydrogen) atoms. The number of likely N-dealkylation sites (tertiary alicyclic amines) is 1. The van der Waals surface area contributed by atoms with Crippen molar-refractivity contribution in [2.75, 3.05) is 13.1 Å². The number of carbonyl (C=O) groups excluding carboxylic acids is 1. The van der Waals surface area contributed by atoms with Gasteiger partial charge in [-0.05, 0) is 67.3 Å². The standard InChI is InChI=1S/C27H37F3N2O/c1-4-25(23(33)32-13-11-22(31)24(2,3)18-32)14-20-15-26(17-25,21-8-6-5-7-9-21)12-10-19(20)16-27(28,29)30/h5-9,16,20,22H,4,10-15,17-18,31H2,1-3H3/b19-16+/t20?,22-,25?,26?/m0/s1. The van der Waals surface area contributed by atoms with Crippen molar-refractivity contribution in [1.29, 1.82) is 0 Å². The molecule has 1 heterocycles. The Hall–Kier alpha value is -1.82. The van der Waals surface area contributed by atoms with Crippen LogP contribution >= 0.6 is 0 Å². The molecule has 2 N–H and O–H groups in total. The molecule has 1 aromatic rings. The Balaban J connectivity index is 1.73. The van der Waals surface area contributed by atoms with Crippen molar-refractivity contribution in [3.8, 4) is 0 Å². The molecule has 6 heteroatoms. The molecule has 3 fully saturated rings. The smallest absolute Gasteiger partial charge is 0.342 e. The summed E-state index contributed by atoms with van der Waals surface area (Å²) in [5, 5.41) is 0. The summed E-state index contributed by atoms with van der Waals surface area (Å²) in [6.45, 7) is 7.45. The number of piperidine rings is 1. The van der Waals surface area contributed by atoms with Crippen molar-refractivity contribution >= 4 is 5.91 Å². The first-order valence-corrected chi connectivity index (χ1v) is 12.3. The maximum absolute atomic E-state index is 14.1.